The van der Waals surface area contributed by atoms with E-state index in [0.717, 1.165) is 18.4 Å². The first-order valence-electron chi connectivity index (χ1n) is 6.84. The van der Waals surface area contributed by atoms with Gasteiger partial charge < -0.3 is 10.6 Å². The summed E-state index contributed by atoms with van der Waals surface area (Å²) in [6, 6.07) is 12.9. The molecule has 0 saturated heterocycles. The van der Waals surface area contributed by atoms with E-state index in [2.05, 4.69) is 39.9 Å². The second kappa shape index (κ2) is 6.01. The van der Waals surface area contributed by atoms with E-state index in [1.807, 2.05) is 18.3 Å². The number of aromatic nitrogens is 1. The molecule has 20 heavy (non-hydrogen) atoms. The van der Waals surface area contributed by atoms with Crippen molar-refractivity contribution in [3.63, 3.8) is 0 Å². The standard InChI is InChI=1S/C16H17N3S/c20-16(18-11-12-4-3-9-17-10-12)19-15-8-7-13-5-1-2-6-14(13)15/h1-6,9-10,15H,7-8,11H2,(H2,18,19,20). The lowest BCUT2D eigenvalue weighted by Crippen LogP contribution is -2.36. The molecule has 2 N–H and O–H groups in total. The van der Waals surface area contributed by atoms with Crippen molar-refractivity contribution >= 4 is 17.3 Å². The molecule has 3 rings (SSSR count). The summed E-state index contributed by atoms with van der Waals surface area (Å²) in [6.45, 7) is 0.702. The summed E-state index contributed by atoms with van der Waals surface area (Å²) >= 11 is 5.38. The van der Waals surface area contributed by atoms with Gasteiger partial charge in [-0.25, -0.2) is 0 Å². The van der Waals surface area contributed by atoms with Crippen LogP contribution in [-0.2, 0) is 13.0 Å². The Morgan fingerprint density at radius 3 is 3.00 bits per heavy atom. The molecule has 2 aromatic rings. The van der Waals surface area contributed by atoms with Gasteiger partial charge in [-0.05, 0) is 47.8 Å². The van der Waals surface area contributed by atoms with Gasteiger partial charge in [-0.2, -0.15) is 0 Å². The fraction of sp³-hybridized carbons (Fsp3) is 0.250. The lowest BCUT2D eigenvalue weighted by atomic mass is 10.1. The highest BCUT2D eigenvalue weighted by molar-refractivity contribution is 7.80. The van der Waals surface area contributed by atoms with Crippen LogP contribution in [0.2, 0.25) is 0 Å². The van der Waals surface area contributed by atoms with Crippen molar-refractivity contribution in [2.75, 3.05) is 0 Å². The minimum atomic E-state index is 0.333. The second-order valence-corrected chi connectivity index (χ2v) is 5.39. The van der Waals surface area contributed by atoms with Crippen molar-refractivity contribution in [1.29, 1.82) is 0 Å². The van der Waals surface area contributed by atoms with Crippen LogP contribution in [0.1, 0.15) is 29.2 Å². The predicted molar refractivity (Wildman–Crippen MR) is 84.3 cm³/mol. The summed E-state index contributed by atoms with van der Waals surface area (Å²) in [7, 11) is 0. The number of pyridine rings is 1. The largest absolute Gasteiger partial charge is 0.359 e. The van der Waals surface area contributed by atoms with Crippen LogP contribution in [0.25, 0.3) is 0 Å². The lowest BCUT2D eigenvalue weighted by Gasteiger charge is -2.17. The molecule has 1 atom stereocenters. The number of nitrogens with zero attached hydrogens (tertiary/aromatic N) is 1. The third-order valence-electron chi connectivity index (χ3n) is 3.61. The Hall–Kier alpha value is -1.94. The maximum absolute atomic E-state index is 5.38. The van der Waals surface area contributed by atoms with E-state index >= 15 is 0 Å². The van der Waals surface area contributed by atoms with E-state index in [4.69, 9.17) is 12.2 Å². The van der Waals surface area contributed by atoms with Gasteiger partial charge in [0.25, 0.3) is 0 Å². The Morgan fingerprint density at radius 1 is 1.25 bits per heavy atom. The number of hydrogen-bond acceptors (Lipinski definition) is 2. The van der Waals surface area contributed by atoms with E-state index in [9.17, 15) is 0 Å². The van der Waals surface area contributed by atoms with Crippen LogP contribution >= 0.6 is 12.2 Å². The van der Waals surface area contributed by atoms with Gasteiger partial charge in [0.15, 0.2) is 5.11 Å². The molecular formula is C16H17N3S. The maximum atomic E-state index is 5.38. The van der Waals surface area contributed by atoms with Crippen LogP contribution in [0.3, 0.4) is 0 Å². The molecule has 1 heterocycles. The van der Waals surface area contributed by atoms with Gasteiger partial charge in [0.2, 0.25) is 0 Å². The van der Waals surface area contributed by atoms with Crippen molar-refractivity contribution < 1.29 is 0 Å². The molecule has 0 fully saturated rings. The SMILES string of the molecule is S=C(NCc1cccnc1)NC1CCc2ccccc21. The average molecular weight is 283 g/mol. The van der Waals surface area contributed by atoms with Gasteiger partial charge in [0, 0.05) is 18.9 Å². The van der Waals surface area contributed by atoms with E-state index in [0.29, 0.717) is 17.7 Å². The molecule has 0 saturated carbocycles. The summed E-state index contributed by atoms with van der Waals surface area (Å²) in [5.74, 6) is 0. The van der Waals surface area contributed by atoms with E-state index in [-0.39, 0.29) is 0 Å². The summed E-state index contributed by atoms with van der Waals surface area (Å²) in [5.41, 5.74) is 3.93. The highest BCUT2D eigenvalue weighted by atomic mass is 32.1. The second-order valence-electron chi connectivity index (χ2n) is 4.98. The van der Waals surface area contributed by atoms with Gasteiger partial charge >= 0.3 is 0 Å². The van der Waals surface area contributed by atoms with E-state index < -0.39 is 0 Å². The molecule has 1 unspecified atom stereocenters. The van der Waals surface area contributed by atoms with Crippen LogP contribution in [0, 0.1) is 0 Å². The van der Waals surface area contributed by atoms with Crippen LogP contribution in [0.15, 0.2) is 48.8 Å². The first-order chi connectivity index (χ1) is 9.83. The molecule has 1 aliphatic carbocycles. The lowest BCUT2D eigenvalue weighted by molar-refractivity contribution is 0.630. The Bertz CT molecular complexity index is 598. The number of benzene rings is 1. The van der Waals surface area contributed by atoms with Crippen molar-refractivity contribution in [1.82, 2.24) is 15.6 Å². The zero-order valence-corrected chi connectivity index (χ0v) is 12.0. The molecule has 4 heteroatoms. The van der Waals surface area contributed by atoms with Crippen molar-refractivity contribution in [2.24, 2.45) is 0 Å². The molecule has 1 aromatic heterocycles. The molecule has 102 valence electrons. The molecule has 0 aliphatic heterocycles. The summed E-state index contributed by atoms with van der Waals surface area (Å²) in [6.07, 6.45) is 5.85. The molecule has 0 amide bonds. The van der Waals surface area contributed by atoms with Crippen molar-refractivity contribution in [2.45, 2.75) is 25.4 Å². The fourth-order valence-corrected chi connectivity index (χ4v) is 2.82. The van der Waals surface area contributed by atoms with E-state index in [1.165, 1.54) is 11.1 Å². The van der Waals surface area contributed by atoms with Gasteiger partial charge in [-0.1, -0.05) is 30.3 Å². The molecule has 1 aliphatic rings. The summed E-state index contributed by atoms with van der Waals surface area (Å²) < 4.78 is 0. The normalized spacial score (nSPS) is 16.5. The van der Waals surface area contributed by atoms with Crippen LogP contribution in [0.5, 0.6) is 0 Å². The van der Waals surface area contributed by atoms with Gasteiger partial charge in [-0.3, -0.25) is 4.98 Å². The van der Waals surface area contributed by atoms with Crippen LogP contribution < -0.4 is 10.6 Å². The smallest absolute Gasteiger partial charge is 0.167 e. The number of fused-ring (bicyclic) bond motifs is 1. The Morgan fingerprint density at radius 2 is 2.15 bits per heavy atom. The highest BCUT2D eigenvalue weighted by Gasteiger charge is 2.21. The molecule has 3 nitrogen and oxygen atoms in total. The third-order valence-corrected chi connectivity index (χ3v) is 3.88. The topological polar surface area (TPSA) is 37.0 Å². The quantitative estimate of drug-likeness (QED) is 0.849. The summed E-state index contributed by atoms with van der Waals surface area (Å²) in [4.78, 5) is 4.09. The average Bonchev–Trinajstić information content (AvgIpc) is 2.90. The van der Waals surface area contributed by atoms with Crippen LogP contribution in [-0.4, -0.2) is 10.1 Å². The Balaban J connectivity index is 1.55. The van der Waals surface area contributed by atoms with Crippen molar-refractivity contribution in [3.05, 3.63) is 65.5 Å². The van der Waals surface area contributed by atoms with Gasteiger partial charge in [-0.15, -0.1) is 0 Å². The minimum Gasteiger partial charge on any atom is -0.359 e. The Kier molecular flexibility index (Phi) is 3.92. The maximum Gasteiger partial charge on any atom is 0.167 e. The number of thiocarbonyl (C=S) groups is 1. The predicted octanol–water partition coefficient (Wildman–Crippen LogP) is 2.73. The van der Waals surface area contributed by atoms with Gasteiger partial charge in [0.1, 0.15) is 0 Å². The summed E-state index contributed by atoms with van der Waals surface area (Å²) in [5, 5.41) is 7.35. The zero-order valence-electron chi connectivity index (χ0n) is 11.2. The zero-order chi connectivity index (χ0) is 13.8. The number of hydrogen-bond donors (Lipinski definition) is 2. The monoisotopic (exact) mass is 283 g/mol. The van der Waals surface area contributed by atoms with Crippen molar-refractivity contribution in [3.8, 4) is 0 Å². The van der Waals surface area contributed by atoms with Gasteiger partial charge in [0.05, 0.1) is 6.04 Å². The minimum absolute atomic E-state index is 0.333. The Labute approximate surface area is 124 Å². The number of nitrogens with one attached hydrogen (secondary N) is 2. The number of aryl methyl sites for hydroxylation is 1. The molecule has 0 radical (unpaired) electrons. The van der Waals surface area contributed by atoms with E-state index in [1.54, 1.807) is 6.20 Å². The first-order valence-corrected chi connectivity index (χ1v) is 7.25. The molecule has 0 spiro atoms. The molecule has 1 aromatic carbocycles. The first kappa shape index (κ1) is 13.1. The third kappa shape index (κ3) is 2.96. The fourth-order valence-electron chi connectivity index (χ4n) is 2.60. The van der Waals surface area contributed by atoms with Crippen LogP contribution in [0.4, 0.5) is 0 Å². The number of rotatable bonds is 3. The molecular weight excluding hydrogens is 266 g/mol. The molecule has 0 bridgehead atoms. The highest BCUT2D eigenvalue weighted by Crippen LogP contribution is 2.30.